The quantitative estimate of drug-likeness (QED) is 0.549. The summed E-state index contributed by atoms with van der Waals surface area (Å²) in [5, 5.41) is 0. The second-order valence-corrected chi connectivity index (χ2v) is 8.33. The fourth-order valence-electron chi connectivity index (χ4n) is 1.24. The molecule has 2 atom stereocenters. The molecule has 110 valence electrons. The van der Waals surface area contributed by atoms with Gasteiger partial charge in [0.15, 0.2) is 0 Å². The molecular formula is C8H18O6S4. The molecule has 0 aromatic rings. The molecule has 0 spiro atoms. The summed E-state index contributed by atoms with van der Waals surface area (Å²) in [5.41, 5.74) is 0. The van der Waals surface area contributed by atoms with Gasteiger partial charge in [0.2, 0.25) is 0 Å². The third kappa shape index (κ3) is 16.6. The lowest BCUT2D eigenvalue weighted by atomic mass is 10.1. The lowest BCUT2D eigenvalue weighted by Gasteiger charge is -2.03. The summed E-state index contributed by atoms with van der Waals surface area (Å²) in [4.78, 5) is 0. The molecule has 0 heterocycles. The number of unbranched alkanes of at least 4 members (excludes halogenated alkanes) is 5. The van der Waals surface area contributed by atoms with E-state index >= 15 is 0 Å². The Bertz CT molecular complexity index is 361. The number of hydrogen-bond donors (Lipinski definition) is 2. The van der Waals surface area contributed by atoms with E-state index in [1.165, 1.54) is 0 Å². The van der Waals surface area contributed by atoms with E-state index in [1.54, 1.807) is 0 Å². The first-order valence-electron chi connectivity index (χ1n) is 5.44. The standard InChI is InChI=1S/C8H18O6S4/c9-17(10,15)13-7-5-3-1-2-4-6-8-14-18(11,12)16/h1-8H2,(H,9,10,15)(H,11,12,16). The molecule has 2 N–H and O–H groups in total. The van der Waals surface area contributed by atoms with Gasteiger partial charge in [0, 0.05) is 22.4 Å². The van der Waals surface area contributed by atoms with Crippen molar-refractivity contribution in [2.75, 3.05) is 13.2 Å². The Kier molecular flexibility index (Phi) is 9.78. The fraction of sp³-hybridized carbons (Fsp3) is 1.00. The van der Waals surface area contributed by atoms with Crippen molar-refractivity contribution in [3.63, 3.8) is 0 Å². The predicted octanol–water partition coefficient (Wildman–Crippen LogP) is 1.63. The second kappa shape index (κ2) is 9.48. The van der Waals surface area contributed by atoms with E-state index < -0.39 is 18.1 Å². The molecule has 0 saturated carbocycles. The highest BCUT2D eigenvalue weighted by atomic mass is 32.9. The third-order valence-corrected chi connectivity index (χ3v) is 3.51. The van der Waals surface area contributed by atoms with Gasteiger partial charge in [-0.3, -0.25) is 17.5 Å². The van der Waals surface area contributed by atoms with Crippen LogP contribution in [-0.2, 0) is 48.8 Å². The molecule has 0 amide bonds. The fourth-order valence-corrected chi connectivity index (χ4v) is 2.30. The van der Waals surface area contributed by atoms with Crippen molar-refractivity contribution in [3.8, 4) is 0 Å². The zero-order valence-corrected chi connectivity index (χ0v) is 13.1. The van der Waals surface area contributed by atoms with E-state index in [0.717, 1.165) is 25.7 Å². The van der Waals surface area contributed by atoms with Gasteiger partial charge in [0.05, 0.1) is 13.2 Å². The van der Waals surface area contributed by atoms with Crippen molar-refractivity contribution >= 4 is 40.5 Å². The minimum absolute atomic E-state index is 0.185. The van der Waals surface area contributed by atoms with Crippen LogP contribution < -0.4 is 0 Å². The normalized spacial score (nSPS) is 18.1. The monoisotopic (exact) mass is 338 g/mol. The molecule has 2 unspecified atom stereocenters. The Labute approximate surface area is 118 Å². The highest BCUT2D eigenvalue weighted by molar-refractivity contribution is 8.27. The van der Waals surface area contributed by atoms with Gasteiger partial charge in [0.1, 0.15) is 0 Å². The molecule has 0 radical (unpaired) electrons. The summed E-state index contributed by atoms with van der Waals surface area (Å²) < 4.78 is 47.4. The molecule has 0 aromatic carbocycles. The summed E-state index contributed by atoms with van der Waals surface area (Å²) in [7, 11) is -6.97. The Balaban J connectivity index is 3.22. The Morgan fingerprint density at radius 1 is 0.722 bits per heavy atom. The zero-order chi connectivity index (χ0) is 14.1. The van der Waals surface area contributed by atoms with Crippen molar-refractivity contribution in [2.24, 2.45) is 0 Å². The molecule has 0 saturated heterocycles. The van der Waals surface area contributed by atoms with Crippen LogP contribution in [0.25, 0.3) is 0 Å². The first-order chi connectivity index (χ1) is 8.21. The van der Waals surface area contributed by atoms with E-state index in [-0.39, 0.29) is 13.2 Å². The van der Waals surface area contributed by atoms with Crippen LogP contribution in [0.4, 0.5) is 0 Å². The molecule has 6 nitrogen and oxygen atoms in total. The van der Waals surface area contributed by atoms with E-state index in [1.807, 2.05) is 0 Å². The van der Waals surface area contributed by atoms with Gasteiger partial charge in [0.25, 0.3) is 18.1 Å². The van der Waals surface area contributed by atoms with Gasteiger partial charge >= 0.3 is 0 Å². The Hall–Kier alpha value is 0.580. The highest BCUT2D eigenvalue weighted by Crippen LogP contribution is 2.06. The van der Waals surface area contributed by atoms with Crippen molar-refractivity contribution in [2.45, 2.75) is 38.5 Å². The molecule has 0 fully saturated rings. The number of rotatable bonds is 11. The van der Waals surface area contributed by atoms with Gasteiger partial charge in [-0.1, -0.05) is 25.7 Å². The SMILES string of the molecule is O=S(O)(=S)OCCCCCCCCOS(=O)(O)=S. The van der Waals surface area contributed by atoms with Gasteiger partial charge < -0.3 is 0 Å². The zero-order valence-electron chi connectivity index (χ0n) is 9.82. The first kappa shape index (κ1) is 18.6. The second-order valence-electron chi connectivity index (χ2n) is 3.62. The molecule has 0 aliphatic carbocycles. The van der Waals surface area contributed by atoms with Crippen molar-refractivity contribution in [1.29, 1.82) is 0 Å². The minimum Gasteiger partial charge on any atom is -0.285 e. The van der Waals surface area contributed by atoms with Crippen LogP contribution in [0.2, 0.25) is 0 Å². The highest BCUT2D eigenvalue weighted by Gasteiger charge is 2.00. The van der Waals surface area contributed by atoms with Crippen LogP contribution in [0.15, 0.2) is 0 Å². The Morgan fingerprint density at radius 2 is 1.00 bits per heavy atom. The van der Waals surface area contributed by atoms with Crippen LogP contribution in [-0.4, -0.2) is 30.7 Å². The summed E-state index contributed by atoms with van der Waals surface area (Å²) in [6, 6.07) is 0. The average Bonchev–Trinajstić information content (AvgIpc) is 2.17. The minimum atomic E-state index is -3.49. The molecule has 18 heavy (non-hydrogen) atoms. The van der Waals surface area contributed by atoms with E-state index in [0.29, 0.717) is 12.8 Å². The van der Waals surface area contributed by atoms with Gasteiger partial charge in [-0.15, -0.1) is 0 Å². The van der Waals surface area contributed by atoms with Crippen LogP contribution in [0.5, 0.6) is 0 Å². The van der Waals surface area contributed by atoms with Gasteiger partial charge in [-0.05, 0) is 12.8 Å². The topological polar surface area (TPSA) is 93.1 Å². The lowest BCUT2D eigenvalue weighted by Crippen LogP contribution is -2.03. The molecule has 0 aliphatic rings. The van der Waals surface area contributed by atoms with Gasteiger partial charge in [-0.25, -0.2) is 0 Å². The molecule has 10 heteroatoms. The van der Waals surface area contributed by atoms with Crippen LogP contribution in [0.3, 0.4) is 0 Å². The molecule has 0 aliphatic heterocycles. The molecule has 0 aromatic heterocycles. The summed E-state index contributed by atoms with van der Waals surface area (Å²) in [6.45, 7) is 0.370. The van der Waals surface area contributed by atoms with Crippen molar-refractivity contribution in [3.05, 3.63) is 0 Å². The Morgan fingerprint density at radius 3 is 1.28 bits per heavy atom. The summed E-state index contributed by atoms with van der Waals surface area (Å²) in [6.07, 6.45) is 5.03. The van der Waals surface area contributed by atoms with Crippen LogP contribution in [0, 0.1) is 0 Å². The molecular weight excluding hydrogens is 320 g/mol. The summed E-state index contributed by atoms with van der Waals surface area (Å²) in [5.74, 6) is 0. The largest absolute Gasteiger partial charge is 0.285 e. The van der Waals surface area contributed by atoms with Crippen molar-refractivity contribution < 1.29 is 25.9 Å². The van der Waals surface area contributed by atoms with Crippen molar-refractivity contribution in [1.82, 2.24) is 0 Å². The van der Waals surface area contributed by atoms with Crippen LogP contribution >= 0.6 is 0 Å². The lowest BCUT2D eigenvalue weighted by molar-refractivity contribution is 0.287. The van der Waals surface area contributed by atoms with E-state index in [4.69, 9.17) is 9.11 Å². The maximum absolute atomic E-state index is 10.6. The van der Waals surface area contributed by atoms with E-state index in [2.05, 4.69) is 30.7 Å². The number of hydrogen-bond acceptors (Lipinski definition) is 6. The average molecular weight is 338 g/mol. The predicted molar refractivity (Wildman–Crippen MR) is 75.9 cm³/mol. The maximum atomic E-state index is 10.6. The summed E-state index contributed by atoms with van der Waals surface area (Å²) >= 11 is 8.32. The smallest absolute Gasteiger partial charge is 0.266 e. The maximum Gasteiger partial charge on any atom is 0.266 e. The first-order valence-corrected chi connectivity index (χ1v) is 10.2. The molecule has 0 bridgehead atoms. The van der Waals surface area contributed by atoms with Gasteiger partial charge in [-0.2, -0.15) is 8.42 Å². The molecule has 0 rings (SSSR count). The van der Waals surface area contributed by atoms with Crippen LogP contribution in [0.1, 0.15) is 38.5 Å². The third-order valence-electron chi connectivity index (χ3n) is 2.00. The van der Waals surface area contributed by atoms with E-state index in [9.17, 15) is 8.42 Å².